The lowest BCUT2D eigenvalue weighted by atomic mass is 10.2. The Morgan fingerprint density at radius 2 is 2.13 bits per heavy atom. The molecule has 3 rings (SSSR count). The molecule has 0 aliphatic rings. The minimum absolute atomic E-state index is 0.114. The van der Waals surface area contributed by atoms with Gasteiger partial charge >= 0.3 is 0 Å². The summed E-state index contributed by atoms with van der Waals surface area (Å²) in [5, 5.41) is 5.71. The van der Waals surface area contributed by atoms with E-state index >= 15 is 0 Å². The number of nitrogens with one attached hydrogen (secondary N) is 1. The molecular formula is C17H15N3OS2. The average molecular weight is 341 g/mol. The molecule has 3 heterocycles. The monoisotopic (exact) mass is 341 g/mol. The molecule has 0 spiro atoms. The average Bonchev–Trinajstić information content (AvgIpc) is 3.14. The molecule has 0 atom stereocenters. The van der Waals surface area contributed by atoms with Gasteiger partial charge in [-0.05, 0) is 47.5 Å². The van der Waals surface area contributed by atoms with Gasteiger partial charge in [0, 0.05) is 18.9 Å². The van der Waals surface area contributed by atoms with E-state index in [0.717, 1.165) is 21.2 Å². The second-order valence-electron chi connectivity index (χ2n) is 4.77. The summed E-state index contributed by atoms with van der Waals surface area (Å²) in [5.74, 6) is -0.114. The largest absolute Gasteiger partial charge is 0.348 e. The maximum absolute atomic E-state index is 12.3. The number of aromatic nitrogens is 2. The van der Waals surface area contributed by atoms with E-state index in [2.05, 4.69) is 15.3 Å². The van der Waals surface area contributed by atoms with Crippen LogP contribution in [0.2, 0.25) is 0 Å². The Morgan fingerprint density at radius 1 is 1.22 bits per heavy atom. The molecule has 0 radical (unpaired) electrons. The molecule has 0 bridgehead atoms. The zero-order valence-electron chi connectivity index (χ0n) is 12.5. The highest BCUT2D eigenvalue weighted by molar-refractivity contribution is 7.98. The minimum Gasteiger partial charge on any atom is -0.348 e. The standard InChI is InChI=1S/C17H15N3OS2/c1-22-17-13(4-2-7-19-17)16(21)20-11-12-6-8-18-14(10-12)15-5-3-9-23-15/h2-10H,11H2,1H3,(H,20,21). The zero-order valence-corrected chi connectivity index (χ0v) is 14.2. The fraction of sp³-hybridized carbons (Fsp3) is 0.118. The number of thiophene rings is 1. The van der Waals surface area contributed by atoms with Crippen molar-refractivity contribution in [3.05, 3.63) is 65.3 Å². The molecule has 116 valence electrons. The van der Waals surface area contributed by atoms with Gasteiger partial charge in [-0.3, -0.25) is 9.78 Å². The van der Waals surface area contributed by atoms with Crippen LogP contribution in [0.1, 0.15) is 15.9 Å². The van der Waals surface area contributed by atoms with Crippen LogP contribution in [0.5, 0.6) is 0 Å². The molecule has 0 fully saturated rings. The first kappa shape index (κ1) is 15.7. The third-order valence-electron chi connectivity index (χ3n) is 3.26. The zero-order chi connectivity index (χ0) is 16.1. The molecule has 23 heavy (non-hydrogen) atoms. The number of rotatable bonds is 5. The normalized spacial score (nSPS) is 10.5. The second-order valence-corrected chi connectivity index (χ2v) is 6.51. The summed E-state index contributed by atoms with van der Waals surface area (Å²) in [6.07, 6.45) is 5.38. The number of amides is 1. The Morgan fingerprint density at radius 3 is 2.91 bits per heavy atom. The van der Waals surface area contributed by atoms with Crippen LogP contribution in [0, 0.1) is 0 Å². The molecule has 3 aromatic rings. The number of carbonyl (C=O) groups excluding carboxylic acids is 1. The van der Waals surface area contributed by atoms with Gasteiger partial charge in [-0.25, -0.2) is 4.98 Å². The van der Waals surface area contributed by atoms with Crippen LogP contribution in [-0.2, 0) is 6.54 Å². The van der Waals surface area contributed by atoms with Crippen molar-refractivity contribution >= 4 is 29.0 Å². The fourth-order valence-electron chi connectivity index (χ4n) is 2.15. The van der Waals surface area contributed by atoms with E-state index in [1.54, 1.807) is 35.9 Å². The molecule has 0 aliphatic carbocycles. The smallest absolute Gasteiger partial charge is 0.254 e. The summed E-state index contributed by atoms with van der Waals surface area (Å²) < 4.78 is 0. The maximum Gasteiger partial charge on any atom is 0.254 e. The molecule has 0 aliphatic heterocycles. The number of hydrogen-bond donors (Lipinski definition) is 1. The molecular weight excluding hydrogens is 326 g/mol. The molecule has 6 heteroatoms. The molecule has 4 nitrogen and oxygen atoms in total. The summed E-state index contributed by atoms with van der Waals surface area (Å²) in [6.45, 7) is 0.461. The van der Waals surface area contributed by atoms with Gasteiger partial charge in [0.25, 0.3) is 5.91 Å². The van der Waals surface area contributed by atoms with Crippen LogP contribution in [0.4, 0.5) is 0 Å². The second kappa shape index (κ2) is 7.39. The first-order valence-electron chi connectivity index (χ1n) is 7.04. The first-order valence-corrected chi connectivity index (χ1v) is 9.14. The van der Waals surface area contributed by atoms with Gasteiger partial charge in [0.2, 0.25) is 0 Å². The van der Waals surface area contributed by atoms with Crippen LogP contribution in [-0.4, -0.2) is 22.1 Å². The highest BCUT2D eigenvalue weighted by atomic mass is 32.2. The Labute approximate surface area is 143 Å². The minimum atomic E-state index is -0.114. The highest BCUT2D eigenvalue weighted by Crippen LogP contribution is 2.23. The van der Waals surface area contributed by atoms with Crippen LogP contribution >= 0.6 is 23.1 Å². The van der Waals surface area contributed by atoms with Crippen molar-refractivity contribution in [3.63, 3.8) is 0 Å². The van der Waals surface area contributed by atoms with Gasteiger partial charge < -0.3 is 5.32 Å². The predicted octanol–water partition coefficient (Wildman–Crippen LogP) is 3.86. The lowest BCUT2D eigenvalue weighted by Crippen LogP contribution is -2.23. The van der Waals surface area contributed by atoms with E-state index < -0.39 is 0 Å². The number of nitrogens with zero attached hydrogens (tertiary/aromatic N) is 2. The van der Waals surface area contributed by atoms with Crippen molar-refractivity contribution < 1.29 is 4.79 Å². The SMILES string of the molecule is CSc1ncccc1C(=O)NCc1ccnc(-c2cccs2)c1. The quantitative estimate of drug-likeness (QED) is 0.716. The maximum atomic E-state index is 12.3. The fourth-order valence-corrected chi connectivity index (χ4v) is 3.39. The summed E-state index contributed by atoms with van der Waals surface area (Å²) in [4.78, 5) is 22.0. The van der Waals surface area contributed by atoms with Crippen molar-refractivity contribution in [1.29, 1.82) is 0 Å². The van der Waals surface area contributed by atoms with Crippen LogP contribution in [0.15, 0.2) is 59.2 Å². The van der Waals surface area contributed by atoms with Crippen LogP contribution in [0.3, 0.4) is 0 Å². The Kier molecular flexibility index (Phi) is 5.05. The van der Waals surface area contributed by atoms with Gasteiger partial charge in [-0.2, -0.15) is 0 Å². The van der Waals surface area contributed by atoms with E-state index in [0.29, 0.717) is 12.1 Å². The van der Waals surface area contributed by atoms with Crippen molar-refractivity contribution in [2.24, 2.45) is 0 Å². The number of pyridine rings is 2. The topological polar surface area (TPSA) is 54.9 Å². The molecule has 1 N–H and O–H groups in total. The van der Waals surface area contributed by atoms with E-state index in [9.17, 15) is 4.79 Å². The van der Waals surface area contributed by atoms with E-state index in [-0.39, 0.29) is 5.91 Å². The van der Waals surface area contributed by atoms with Crippen molar-refractivity contribution in [1.82, 2.24) is 15.3 Å². The van der Waals surface area contributed by atoms with E-state index in [1.807, 2.05) is 35.9 Å². The molecule has 3 aromatic heterocycles. The summed E-state index contributed by atoms with van der Waals surface area (Å²) >= 11 is 3.12. The van der Waals surface area contributed by atoms with E-state index in [4.69, 9.17) is 0 Å². The lowest BCUT2D eigenvalue weighted by molar-refractivity contribution is 0.0947. The molecule has 0 unspecified atom stereocenters. The van der Waals surface area contributed by atoms with Gasteiger partial charge in [-0.1, -0.05) is 6.07 Å². The molecule has 0 aromatic carbocycles. The predicted molar refractivity (Wildman–Crippen MR) is 94.7 cm³/mol. The van der Waals surface area contributed by atoms with Crippen molar-refractivity contribution in [3.8, 4) is 10.6 Å². The Balaban J connectivity index is 1.71. The number of hydrogen-bond acceptors (Lipinski definition) is 5. The summed E-state index contributed by atoms with van der Waals surface area (Å²) in [6, 6.07) is 11.5. The molecule has 0 saturated carbocycles. The highest BCUT2D eigenvalue weighted by Gasteiger charge is 2.11. The number of carbonyl (C=O) groups is 1. The van der Waals surface area contributed by atoms with Crippen LogP contribution in [0.25, 0.3) is 10.6 Å². The van der Waals surface area contributed by atoms with Gasteiger partial charge in [0.1, 0.15) is 5.03 Å². The Hall–Kier alpha value is -2.18. The lowest BCUT2D eigenvalue weighted by Gasteiger charge is -2.08. The Bertz CT molecular complexity index is 803. The summed E-state index contributed by atoms with van der Waals surface area (Å²) in [5.41, 5.74) is 2.55. The third-order valence-corrected chi connectivity index (χ3v) is 4.86. The van der Waals surface area contributed by atoms with Gasteiger partial charge in [0.05, 0.1) is 16.1 Å². The molecule has 0 saturated heterocycles. The summed E-state index contributed by atoms with van der Waals surface area (Å²) in [7, 11) is 0. The molecule has 1 amide bonds. The third kappa shape index (κ3) is 3.78. The first-order chi connectivity index (χ1) is 11.3. The van der Waals surface area contributed by atoms with Gasteiger partial charge in [0.15, 0.2) is 0 Å². The van der Waals surface area contributed by atoms with Crippen molar-refractivity contribution in [2.75, 3.05) is 6.26 Å². The van der Waals surface area contributed by atoms with Gasteiger partial charge in [-0.15, -0.1) is 23.1 Å². The van der Waals surface area contributed by atoms with E-state index in [1.165, 1.54) is 11.8 Å². The van der Waals surface area contributed by atoms with Crippen LogP contribution < -0.4 is 5.32 Å². The van der Waals surface area contributed by atoms with Crippen molar-refractivity contribution in [2.45, 2.75) is 11.6 Å². The number of thioether (sulfide) groups is 1.